The van der Waals surface area contributed by atoms with Gasteiger partial charge in [0.25, 0.3) is 0 Å². The summed E-state index contributed by atoms with van der Waals surface area (Å²) in [7, 11) is 0. The SMILES string of the molecule is CC1(C(O)CC(=O)O)CC1. The average Bonchev–Trinajstić information content (AvgIpc) is 2.47. The van der Waals surface area contributed by atoms with Crippen LogP contribution in [-0.4, -0.2) is 22.3 Å². The Morgan fingerprint density at radius 1 is 1.70 bits per heavy atom. The minimum Gasteiger partial charge on any atom is -0.481 e. The highest BCUT2D eigenvalue weighted by Crippen LogP contribution is 2.48. The van der Waals surface area contributed by atoms with Crippen LogP contribution in [0, 0.1) is 5.41 Å². The number of aliphatic carboxylic acids is 1. The van der Waals surface area contributed by atoms with Crippen molar-refractivity contribution < 1.29 is 15.0 Å². The van der Waals surface area contributed by atoms with Gasteiger partial charge in [-0.05, 0) is 18.3 Å². The monoisotopic (exact) mass is 144 g/mol. The van der Waals surface area contributed by atoms with Crippen molar-refractivity contribution in [3.05, 3.63) is 0 Å². The van der Waals surface area contributed by atoms with Crippen molar-refractivity contribution >= 4 is 5.97 Å². The zero-order valence-electron chi connectivity index (χ0n) is 6.00. The minimum atomic E-state index is -0.916. The van der Waals surface area contributed by atoms with Gasteiger partial charge in [0.1, 0.15) is 0 Å². The first-order chi connectivity index (χ1) is 4.54. The van der Waals surface area contributed by atoms with Crippen LogP contribution in [0.4, 0.5) is 0 Å². The molecule has 2 N–H and O–H groups in total. The fourth-order valence-corrected chi connectivity index (χ4v) is 0.942. The van der Waals surface area contributed by atoms with Gasteiger partial charge in [0.15, 0.2) is 0 Å². The normalized spacial score (nSPS) is 23.8. The quantitative estimate of drug-likeness (QED) is 0.610. The molecule has 10 heavy (non-hydrogen) atoms. The molecule has 0 radical (unpaired) electrons. The van der Waals surface area contributed by atoms with E-state index in [-0.39, 0.29) is 11.8 Å². The molecule has 1 fully saturated rings. The van der Waals surface area contributed by atoms with Gasteiger partial charge in [-0.25, -0.2) is 0 Å². The third-order valence-electron chi connectivity index (χ3n) is 2.21. The molecule has 58 valence electrons. The molecule has 1 saturated carbocycles. The molecule has 0 heterocycles. The van der Waals surface area contributed by atoms with E-state index < -0.39 is 12.1 Å². The van der Waals surface area contributed by atoms with Crippen molar-refractivity contribution in [2.24, 2.45) is 5.41 Å². The predicted molar refractivity (Wildman–Crippen MR) is 35.6 cm³/mol. The second-order valence-electron chi connectivity index (χ2n) is 3.27. The summed E-state index contributed by atoms with van der Waals surface area (Å²) in [6.07, 6.45) is 1.16. The first-order valence-electron chi connectivity index (χ1n) is 3.44. The maximum absolute atomic E-state index is 10.1. The van der Waals surface area contributed by atoms with E-state index in [1.165, 1.54) is 0 Å². The Labute approximate surface area is 59.7 Å². The van der Waals surface area contributed by atoms with Crippen LogP contribution in [-0.2, 0) is 4.79 Å². The Morgan fingerprint density at radius 2 is 2.20 bits per heavy atom. The van der Waals surface area contributed by atoms with Gasteiger partial charge in [-0.1, -0.05) is 6.92 Å². The third-order valence-corrected chi connectivity index (χ3v) is 2.21. The molecule has 1 aliphatic carbocycles. The van der Waals surface area contributed by atoms with Gasteiger partial charge in [0.2, 0.25) is 0 Å². The van der Waals surface area contributed by atoms with Crippen LogP contribution in [0.2, 0.25) is 0 Å². The Bertz CT molecular complexity index is 149. The number of carboxylic acid groups (broad SMARTS) is 1. The molecule has 3 heteroatoms. The van der Waals surface area contributed by atoms with Crippen molar-refractivity contribution in [3.8, 4) is 0 Å². The molecule has 0 spiro atoms. The molecule has 1 unspecified atom stereocenters. The van der Waals surface area contributed by atoms with E-state index in [1.807, 2.05) is 6.92 Å². The molecule has 0 aromatic rings. The zero-order chi connectivity index (χ0) is 7.78. The van der Waals surface area contributed by atoms with E-state index in [2.05, 4.69) is 0 Å². The van der Waals surface area contributed by atoms with Crippen LogP contribution >= 0.6 is 0 Å². The summed E-state index contributed by atoms with van der Waals surface area (Å²) in [5, 5.41) is 17.6. The van der Waals surface area contributed by atoms with E-state index in [0.717, 1.165) is 12.8 Å². The Balaban J connectivity index is 2.34. The summed E-state index contributed by atoms with van der Waals surface area (Å²) in [6, 6.07) is 0. The second kappa shape index (κ2) is 2.23. The molecule has 1 aliphatic rings. The zero-order valence-corrected chi connectivity index (χ0v) is 6.00. The van der Waals surface area contributed by atoms with Gasteiger partial charge in [-0.15, -0.1) is 0 Å². The molecule has 0 aromatic heterocycles. The van der Waals surface area contributed by atoms with E-state index in [0.29, 0.717) is 0 Å². The second-order valence-corrected chi connectivity index (χ2v) is 3.27. The van der Waals surface area contributed by atoms with Crippen molar-refractivity contribution in [2.75, 3.05) is 0 Å². The van der Waals surface area contributed by atoms with Gasteiger partial charge < -0.3 is 10.2 Å². The molecule has 0 bridgehead atoms. The Kier molecular flexibility index (Phi) is 1.68. The van der Waals surface area contributed by atoms with E-state index >= 15 is 0 Å². The number of hydrogen-bond acceptors (Lipinski definition) is 2. The fraction of sp³-hybridized carbons (Fsp3) is 0.857. The van der Waals surface area contributed by atoms with Crippen molar-refractivity contribution in [2.45, 2.75) is 32.3 Å². The number of hydrogen-bond donors (Lipinski definition) is 2. The van der Waals surface area contributed by atoms with Crippen molar-refractivity contribution in [1.82, 2.24) is 0 Å². The van der Waals surface area contributed by atoms with E-state index in [1.54, 1.807) is 0 Å². The highest BCUT2D eigenvalue weighted by atomic mass is 16.4. The lowest BCUT2D eigenvalue weighted by molar-refractivity contribution is -0.140. The Hall–Kier alpha value is -0.570. The highest BCUT2D eigenvalue weighted by Gasteiger charge is 2.44. The maximum Gasteiger partial charge on any atom is 0.305 e. The summed E-state index contributed by atoms with van der Waals surface area (Å²) in [5.74, 6) is -0.916. The van der Waals surface area contributed by atoms with Gasteiger partial charge in [0.05, 0.1) is 12.5 Å². The molecule has 0 aliphatic heterocycles. The largest absolute Gasteiger partial charge is 0.481 e. The first-order valence-corrected chi connectivity index (χ1v) is 3.44. The summed E-state index contributed by atoms with van der Waals surface area (Å²) >= 11 is 0. The fourth-order valence-electron chi connectivity index (χ4n) is 0.942. The number of carboxylic acids is 1. The van der Waals surface area contributed by atoms with Gasteiger partial charge in [-0.2, -0.15) is 0 Å². The Morgan fingerprint density at radius 3 is 2.50 bits per heavy atom. The smallest absolute Gasteiger partial charge is 0.305 e. The molecule has 1 atom stereocenters. The minimum absolute atomic E-state index is 0.0849. The molecule has 0 amide bonds. The summed E-state index contributed by atoms with van der Waals surface area (Å²) in [6.45, 7) is 1.92. The summed E-state index contributed by atoms with van der Waals surface area (Å²) in [4.78, 5) is 10.1. The van der Waals surface area contributed by atoms with Gasteiger partial charge >= 0.3 is 5.97 Å². The molecule has 0 aromatic carbocycles. The van der Waals surface area contributed by atoms with Crippen molar-refractivity contribution in [1.29, 1.82) is 0 Å². The van der Waals surface area contributed by atoms with Crippen LogP contribution < -0.4 is 0 Å². The van der Waals surface area contributed by atoms with Crippen LogP contribution in [0.1, 0.15) is 26.2 Å². The first kappa shape index (κ1) is 7.54. The number of rotatable bonds is 3. The maximum atomic E-state index is 10.1. The summed E-state index contributed by atoms with van der Waals surface area (Å²) in [5.41, 5.74) is -0.0849. The van der Waals surface area contributed by atoms with Crippen LogP contribution in [0.25, 0.3) is 0 Å². The standard InChI is InChI=1S/C7H12O3/c1-7(2-3-7)5(8)4-6(9)10/h5,8H,2-4H2,1H3,(H,9,10). The van der Waals surface area contributed by atoms with Crippen LogP contribution in [0.3, 0.4) is 0 Å². The highest BCUT2D eigenvalue weighted by molar-refractivity contribution is 5.67. The predicted octanol–water partition coefficient (Wildman–Crippen LogP) is 0.622. The molecule has 1 rings (SSSR count). The summed E-state index contributed by atoms with van der Waals surface area (Å²) < 4.78 is 0. The molecular formula is C7H12O3. The lowest BCUT2D eigenvalue weighted by Crippen LogP contribution is -2.22. The number of aliphatic hydroxyl groups is 1. The van der Waals surface area contributed by atoms with Gasteiger partial charge in [0, 0.05) is 0 Å². The molecule has 3 nitrogen and oxygen atoms in total. The van der Waals surface area contributed by atoms with Crippen molar-refractivity contribution in [3.63, 3.8) is 0 Å². The number of carbonyl (C=O) groups is 1. The van der Waals surface area contributed by atoms with E-state index in [9.17, 15) is 9.90 Å². The van der Waals surface area contributed by atoms with Gasteiger partial charge in [-0.3, -0.25) is 4.79 Å². The van der Waals surface area contributed by atoms with Crippen LogP contribution in [0.15, 0.2) is 0 Å². The van der Waals surface area contributed by atoms with Crippen LogP contribution in [0.5, 0.6) is 0 Å². The van der Waals surface area contributed by atoms with E-state index in [4.69, 9.17) is 5.11 Å². The average molecular weight is 144 g/mol. The lowest BCUT2D eigenvalue weighted by Gasteiger charge is -2.14. The molecular weight excluding hydrogens is 132 g/mol. The lowest BCUT2D eigenvalue weighted by atomic mass is 9.99. The molecule has 0 saturated heterocycles. The number of aliphatic hydroxyl groups excluding tert-OH is 1. The topological polar surface area (TPSA) is 57.5 Å². The third kappa shape index (κ3) is 1.48.